The SMILES string of the molecule is CCC(C)[C@@H](C(O)CC(=O)N1CCCC1C(OC)[C@@H](C)C(=O)N[C@@H](Cc1ccccc1)C(=O)OCc1ccc(OC)cc1OC)N(C)C(=O)[C@@H](NC(=O)C(C(C)C)N(C)C(=O)OCC1c2ccccc2-c2ccccc21)C(C)C. The van der Waals surface area contributed by atoms with E-state index in [0.29, 0.717) is 42.9 Å². The average molecular weight is 1090 g/mol. The van der Waals surface area contributed by atoms with Crippen LogP contribution in [0.4, 0.5) is 4.79 Å². The molecule has 4 aromatic rings. The molecule has 3 N–H and O–H groups in total. The number of aliphatic hydroxyl groups excluding tert-OH is 1. The maximum Gasteiger partial charge on any atom is 0.410 e. The second-order valence-corrected chi connectivity index (χ2v) is 21.8. The number of fused-ring (bicyclic) bond motifs is 3. The Morgan fingerprint density at radius 3 is 1.96 bits per heavy atom. The number of ether oxygens (including phenoxy) is 5. The molecule has 2 aliphatic rings. The minimum atomic E-state index is -1.31. The molecule has 9 atom stereocenters. The molecule has 0 saturated carbocycles. The number of amides is 5. The second-order valence-electron chi connectivity index (χ2n) is 21.8. The van der Waals surface area contributed by atoms with E-state index in [1.54, 1.807) is 44.2 Å². The van der Waals surface area contributed by atoms with Crippen LogP contribution in [0.2, 0.25) is 0 Å². The number of likely N-dealkylation sites (tertiary alicyclic amines) is 1. The quantitative estimate of drug-likeness (QED) is 0.0516. The minimum Gasteiger partial charge on any atom is -0.497 e. The van der Waals surface area contributed by atoms with Crippen LogP contribution in [0.15, 0.2) is 97.1 Å². The number of carbonyl (C=O) groups excluding carboxylic acids is 6. The topological polar surface area (TPSA) is 203 Å². The summed E-state index contributed by atoms with van der Waals surface area (Å²) in [6.07, 6.45) is -1.25. The average Bonchev–Trinajstić information content (AvgIpc) is 4.26. The molecule has 0 spiro atoms. The fourth-order valence-corrected chi connectivity index (χ4v) is 11.4. The van der Waals surface area contributed by atoms with E-state index in [2.05, 4.69) is 22.8 Å². The summed E-state index contributed by atoms with van der Waals surface area (Å²) >= 11 is 0. The summed E-state index contributed by atoms with van der Waals surface area (Å²) in [6, 6.07) is 26.0. The third-order valence-electron chi connectivity index (χ3n) is 15.9. The summed E-state index contributed by atoms with van der Waals surface area (Å²) in [6.45, 7) is 13.1. The molecule has 4 aromatic carbocycles. The summed E-state index contributed by atoms with van der Waals surface area (Å²) in [5.41, 5.74) is 5.73. The predicted octanol–water partition coefficient (Wildman–Crippen LogP) is 7.79. The fraction of sp³-hybridized carbons (Fsp3) is 0.516. The van der Waals surface area contributed by atoms with E-state index in [1.807, 2.05) is 108 Å². The number of methoxy groups -OCH3 is 3. The number of benzene rings is 4. The van der Waals surface area contributed by atoms with Crippen LogP contribution in [0.1, 0.15) is 102 Å². The zero-order chi connectivity index (χ0) is 57.7. The van der Waals surface area contributed by atoms with E-state index in [1.165, 1.54) is 31.1 Å². The van der Waals surface area contributed by atoms with Crippen LogP contribution in [0.3, 0.4) is 0 Å². The molecular formula is C62H83N5O12. The van der Waals surface area contributed by atoms with Gasteiger partial charge in [0.1, 0.15) is 42.8 Å². The lowest BCUT2D eigenvalue weighted by molar-refractivity contribution is -0.150. The van der Waals surface area contributed by atoms with Gasteiger partial charge in [0.25, 0.3) is 0 Å². The van der Waals surface area contributed by atoms with Crippen molar-refractivity contribution in [3.63, 3.8) is 0 Å². The molecule has 1 heterocycles. The van der Waals surface area contributed by atoms with Gasteiger partial charge in [-0.2, -0.15) is 0 Å². The normalized spacial score (nSPS) is 17.0. The van der Waals surface area contributed by atoms with Crippen LogP contribution in [-0.4, -0.2) is 146 Å². The van der Waals surface area contributed by atoms with Gasteiger partial charge >= 0.3 is 12.1 Å². The molecule has 0 radical (unpaired) electrons. The highest BCUT2D eigenvalue weighted by atomic mass is 16.6. The predicted molar refractivity (Wildman–Crippen MR) is 301 cm³/mol. The van der Waals surface area contributed by atoms with Gasteiger partial charge in [0.15, 0.2) is 0 Å². The summed E-state index contributed by atoms with van der Waals surface area (Å²) in [5.74, 6) is -3.49. The number of rotatable bonds is 26. The third kappa shape index (κ3) is 14.6. The highest BCUT2D eigenvalue weighted by Gasteiger charge is 2.44. The van der Waals surface area contributed by atoms with E-state index in [0.717, 1.165) is 27.8 Å². The molecule has 0 bridgehead atoms. The van der Waals surface area contributed by atoms with Crippen LogP contribution in [0.25, 0.3) is 11.1 Å². The zero-order valence-electron chi connectivity index (χ0n) is 48.1. The van der Waals surface area contributed by atoms with Gasteiger partial charge in [-0.05, 0) is 70.5 Å². The molecule has 0 aromatic heterocycles. The van der Waals surface area contributed by atoms with Crippen molar-refractivity contribution in [1.82, 2.24) is 25.3 Å². The molecule has 17 heteroatoms. The number of hydrogen-bond donors (Lipinski definition) is 3. The van der Waals surface area contributed by atoms with E-state index < -0.39 is 84.0 Å². The van der Waals surface area contributed by atoms with Crippen LogP contribution in [0.5, 0.6) is 11.5 Å². The molecule has 1 fully saturated rings. The van der Waals surface area contributed by atoms with E-state index >= 15 is 0 Å². The number of esters is 1. The summed E-state index contributed by atoms with van der Waals surface area (Å²) in [7, 11) is 7.63. The molecule has 17 nitrogen and oxygen atoms in total. The van der Waals surface area contributed by atoms with Crippen molar-refractivity contribution in [3.8, 4) is 22.6 Å². The molecule has 5 amide bonds. The fourth-order valence-electron chi connectivity index (χ4n) is 11.4. The zero-order valence-corrected chi connectivity index (χ0v) is 48.1. The Morgan fingerprint density at radius 2 is 1.38 bits per heavy atom. The van der Waals surface area contributed by atoms with Gasteiger partial charge in [0, 0.05) is 51.7 Å². The maximum absolute atomic E-state index is 14.7. The van der Waals surface area contributed by atoms with Crippen LogP contribution in [-0.2, 0) is 51.2 Å². The van der Waals surface area contributed by atoms with Crippen LogP contribution in [0, 0.1) is 23.7 Å². The van der Waals surface area contributed by atoms with E-state index in [-0.39, 0.29) is 49.7 Å². The lowest BCUT2D eigenvalue weighted by Crippen LogP contribution is -2.60. The smallest absolute Gasteiger partial charge is 0.410 e. The largest absolute Gasteiger partial charge is 0.497 e. The van der Waals surface area contributed by atoms with Crippen molar-refractivity contribution in [2.24, 2.45) is 23.7 Å². The third-order valence-corrected chi connectivity index (χ3v) is 15.9. The van der Waals surface area contributed by atoms with Gasteiger partial charge in [0.05, 0.1) is 50.8 Å². The number of likely N-dealkylation sites (N-methyl/N-ethyl adjacent to an activating group) is 2. The Hall–Kier alpha value is -6.98. The van der Waals surface area contributed by atoms with Gasteiger partial charge in [-0.15, -0.1) is 0 Å². The Kier molecular flexibility index (Phi) is 21.9. The second kappa shape index (κ2) is 28.3. The highest BCUT2D eigenvalue weighted by Crippen LogP contribution is 2.44. The highest BCUT2D eigenvalue weighted by molar-refractivity contribution is 5.92. The minimum absolute atomic E-state index is 0.0745. The van der Waals surface area contributed by atoms with Gasteiger partial charge in [-0.1, -0.05) is 134 Å². The summed E-state index contributed by atoms with van der Waals surface area (Å²) in [5, 5.41) is 17.9. The standard InChI is InChI=1S/C62H83N5O12/c1-13-39(6)56(65(8)60(72)54(37(2)3)64-59(71)55(38(4)5)66(9)62(74)79-36-48-46-26-19-17-24-44(46)45-25-18-20-27-47(45)48)51(68)34-53(69)67-31-21-28-50(67)57(77-12)40(7)58(70)63-49(32-41-22-15-14-16-23-41)61(73)78-35-42-29-30-43(75-10)33-52(42)76-11/h14-20,22-27,29-30,33,37-40,48-51,54-57,68H,13,21,28,31-32,34-36H2,1-12H3,(H,63,70)(H,64,71)/t39?,40-,49+,50?,51?,54+,55?,56+,57?/m1/s1. The Labute approximate surface area is 466 Å². The van der Waals surface area contributed by atoms with E-state index in [9.17, 15) is 33.9 Å². The molecule has 1 saturated heterocycles. The van der Waals surface area contributed by atoms with Gasteiger partial charge in [-0.3, -0.25) is 24.1 Å². The van der Waals surface area contributed by atoms with Crippen molar-refractivity contribution in [3.05, 3.63) is 119 Å². The molecule has 428 valence electrons. The monoisotopic (exact) mass is 1090 g/mol. The van der Waals surface area contributed by atoms with Gasteiger partial charge in [0.2, 0.25) is 23.6 Å². The number of carbonyl (C=O) groups is 6. The Balaban J connectivity index is 1.10. The molecule has 5 unspecified atom stereocenters. The number of hydrogen-bond acceptors (Lipinski definition) is 12. The van der Waals surface area contributed by atoms with Crippen molar-refractivity contribution in [1.29, 1.82) is 0 Å². The molecule has 79 heavy (non-hydrogen) atoms. The number of nitrogens with zero attached hydrogens (tertiary/aromatic N) is 3. The van der Waals surface area contributed by atoms with Crippen molar-refractivity contribution >= 4 is 35.7 Å². The summed E-state index contributed by atoms with van der Waals surface area (Å²) in [4.78, 5) is 89.6. The van der Waals surface area contributed by atoms with E-state index in [4.69, 9.17) is 23.7 Å². The van der Waals surface area contributed by atoms with Crippen molar-refractivity contribution in [2.45, 2.75) is 136 Å². The first-order valence-corrected chi connectivity index (χ1v) is 27.6. The summed E-state index contributed by atoms with van der Waals surface area (Å²) < 4.78 is 28.5. The van der Waals surface area contributed by atoms with Gasteiger partial charge < -0.3 is 49.2 Å². The van der Waals surface area contributed by atoms with Crippen LogP contribution >= 0.6 is 0 Å². The lowest BCUT2D eigenvalue weighted by Gasteiger charge is -2.40. The molecule has 1 aliphatic heterocycles. The Bertz CT molecular complexity index is 2670. The molecule has 6 rings (SSSR count). The lowest BCUT2D eigenvalue weighted by atomic mass is 9.89. The first kappa shape index (κ1) is 61.2. The first-order chi connectivity index (χ1) is 37.8. The van der Waals surface area contributed by atoms with Gasteiger partial charge in [-0.25, -0.2) is 9.59 Å². The number of nitrogens with one attached hydrogen (secondary N) is 2. The number of aliphatic hydroxyl groups is 1. The van der Waals surface area contributed by atoms with Crippen LogP contribution < -0.4 is 20.1 Å². The molecular weight excluding hydrogens is 1010 g/mol. The van der Waals surface area contributed by atoms with Crippen molar-refractivity contribution < 1.29 is 57.6 Å². The Morgan fingerprint density at radius 1 is 0.747 bits per heavy atom. The van der Waals surface area contributed by atoms with Crippen molar-refractivity contribution in [2.75, 3.05) is 48.6 Å². The molecule has 1 aliphatic carbocycles. The maximum atomic E-state index is 14.7. The first-order valence-electron chi connectivity index (χ1n) is 27.6.